The van der Waals surface area contributed by atoms with Crippen molar-refractivity contribution in [3.05, 3.63) is 65.7 Å². The first-order valence-corrected chi connectivity index (χ1v) is 10.2. The smallest absolute Gasteiger partial charge is 0.307 e. The fourth-order valence-corrected chi connectivity index (χ4v) is 3.05. The number of methoxy groups -OCH3 is 1. The van der Waals surface area contributed by atoms with Crippen LogP contribution in [0.3, 0.4) is 0 Å². The molecule has 0 saturated heterocycles. The third-order valence-corrected chi connectivity index (χ3v) is 4.34. The Balaban J connectivity index is 2.24. The van der Waals surface area contributed by atoms with Crippen LogP contribution in [0.1, 0.15) is 22.3 Å². The van der Waals surface area contributed by atoms with E-state index in [1.165, 1.54) is 18.1 Å². The highest BCUT2D eigenvalue weighted by atomic mass is 32.2. The zero-order valence-corrected chi connectivity index (χ0v) is 16.0. The molecule has 7 nitrogen and oxygen atoms in total. The molecule has 0 aliphatic carbocycles. The Hall–Kier alpha value is -2.87. The monoisotopic (exact) mass is 390 g/mol. The predicted octanol–water partition coefficient (Wildman–Crippen LogP) is 2.26. The lowest BCUT2D eigenvalue weighted by Gasteiger charge is -2.23. The van der Waals surface area contributed by atoms with E-state index in [4.69, 9.17) is 0 Å². The Morgan fingerprint density at radius 2 is 1.78 bits per heavy atom. The van der Waals surface area contributed by atoms with Crippen LogP contribution >= 0.6 is 0 Å². The van der Waals surface area contributed by atoms with Crippen LogP contribution in [0.4, 0.5) is 5.69 Å². The van der Waals surface area contributed by atoms with Gasteiger partial charge < -0.3 is 9.64 Å². The van der Waals surface area contributed by atoms with Crippen LogP contribution in [0.25, 0.3) is 0 Å². The third kappa shape index (κ3) is 6.74. The number of amides is 1. The maximum atomic E-state index is 13.0. The summed E-state index contributed by atoms with van der Waals surface area (Å²) < 4.78 is 29.8. The van der Waals surface area contributed by atoms with Crippen molar-refractivity contribution in [2.75, 3.05) is 24.6 Å². The van der Waals surface area contributed by atoms with Gasteiger partial charge in [0, 0.05) is 24.3 Å². The molecule has 0 bridgehead atoms. The number of anilines is 1. The van der Waals surface area contributed by atoms with Gasteiger partial charge in [-0.25, -0.2) is 8.42 Å². The van der Waals surface area contributed by atoms with Crippen molar-refractivity contribution in [3.8, 4) is 0 Å². The molecule has 0 fully saturated rings. The molecule has 2 aromatic rings. The van der Waals surface area contributed by atoms with Crippen LogP contribution in [0.5, 0.6) is 0 Å². The number of nitrogens with one attached hydrogen (secondary N) is 1. The van der Waals surface area contributed by atoms with Crippen LogP contribution in [0.15, 0.2) is 54.6 Å². The molecule has 2 rings (SSSR count). The van der Waals surface area contributed by atoms with Crippen molar-refractivity contribution in [1.82, 2.24) is 4.90 Å². The van der Waals surface area contributed by atoms with E-state index in [1.54, 1.807) is 18.2 Å². The summed E-state index contributed by atoms with van der Waals surface area (Å²) in [4.78, 5) is 26.0. The topological polar surface area (TPSA) is 92.8 Å². The van der Waals surface area contributed by atoms with E-state index in [1.807, 2.05) is 30.3 Å². The Morgan fingerprint density at radius 3 is 2.41 bits per heavy atom. The lowest BCUT2D eigenvalue weighted by Crippen LogP contribution is -2.32. The summed E-state index contributed by atoms with van der Waals surface area (Å²) >= 11 is 0. The number of carbonyl (C=O) groups is 2. The fraction of sp³-hybridized carbons (Fsp3) is 0.263. The number of ether oxygens (including phenoxy) is 1. The van der Waals surface area contributed by atoms with Gasteiger partial charge >= 0.3 is 5.97 Å². The molecule has 0 heterocycles. The van der Waals surface area contributed by atoms with Gasteiger partial charge in [0.25, 0.3) is 5.91 Å². The van der Waals surface area contributed by atoms with Crippen LogP contribution in [-0.4, -0.2) is 45.1 Å². The third-order valence-electron chi connectivity index (χ3n) is 3.73. The molecule has 1 N–H and O–H groups in total. The van der Waals surface area contributed by atoms with Gasteiger partial charge in [0.2, 0.25) is 10.0 Å². The molecule has 144 valence electrons. The lowest BCUT2D eigenvalue weighted by molar-refractivity contribution is -0.140. The summed E-state index contributed by atoms with van der Waals surface area (Å²) in [5.74, 6) is -0.715. The van der Waals surface area contributed by atoms with Crippen LogP contribution < -0.4 is 4.72 Å². The summed E-state index contributed by atoms with van der Waals surface area (Å²) in [6.45, 7) is 0.504. The normalized spacial score (nSPS) is 10.9. The number of esters is 1. The van der Waals surface area contributed by atoms with Crippen LogP contribution in [-0.2, 0) is 26.1 Å². The van der Waals surface area contributed by atoms with Crippen molar-refractivity contribution in [1.29, 1.82) is 0 Å². The van der Waals surface area contributed by atoms with Gasteiger partial charge in [-0.2, -0.15) is 0 Å². The Kier molecular flexibility index (Phi) is 6.95. The van der Waals surface area contributed by atoms with Crippen molar-refractivity contribution >= 4 is 27.6 Å². The summed E-state index contributed by atoms with van der Waals surface area (Å²) in [6.07, 6.45) is 1.11. The Labute approximate surface area is 159 Å². The molecule has 0 atom stereocenters. The van der Waals surface area contributed by atoms with Gasteiger partial charge in [-0.1, -0.05) is 36.4 Å². The zero-order valence-electron chi connectivity index (χ0n) is 15.2. The number of benzene rings is 2. The van der Waals surface area contributed by atoms with E-state index in [2.05, 4.69) is 9.46 Å². The first-order valence-electron chi connectivity index (χ1n) is 8.26. The first-order chi connectivity index (χ1) is 12.8. The number of rotatable bonds is 8. The Morgan fingerprint density at radius 1 is 1.07 bits per heavy atom. The van der Waals surface area contributed by atoms with Crippen molar-refractivity contribution in [2.24, 2.45) is 0 Å². The summed E-state index contributed by atoms with van der Waals surface area (Å²) in [5, 5.41) is 0. The minimum atomic E-state index is -3.45. The van der Waals surface area contributed by atoms with Crippen molar-refractivity contribution < 1.29 is 22.7 Å². The second-order valence-corrected chi connectivity index (χ2v) is 7.74. The number of sulfonamides is 1. The van der Waals surface area contributed by atoms with E-state index in [9.17, 15) is 18.0 Å². The summed E-state index contributed by atoms with van der Waals surface area (Å²) in [5.41, 5.74) is 1.54. The largest absolute Gasteiger partial charge is 0.469 e. The number of hydrogen-bond acceptors (Lipinski definition) is 5. The minimum absolute atomic E-state index is 0.0658. The molecule has 0 spiro atoms. The van der Waals surface area contributed by atoms with Crippen molar-refractivity contribution in [3.63, 3.8) is 0 Å². The molecule has 0 saturated carbocycles. The molecule has 0 aliphatic heterocycles. The van der Waals surface area contributed by atoms with Crippen LogP contribution in [0.2, 0.25) is 0 Å². The highest BCUT2D eigenvalue weighted by molar-refractivity contribution is 7.92. The van der Waals surface area contributed by atoms with E-state index in [-0.39, 0.29) is 18.9 Å². The van der Waals surface area contributed by atoms with Crippen LogP contribution in [0, 0.1) is 0 Å². The molecule has 8 heteroatoms. The highest BCUT2D eigenvalue weighted by Crippen LogP contribution is 2.16. The minimum Gasteiger partial charge on any atom is -0.469 e. The van der Waals surface area contributed by atoms with Gasteiger partial charge in [0.15, 0.2) is 0 Å². The standard InChI is InChI=1S/C19H22N2O5S/c1-26-18(22)11-12-21(14-15-7-4-3-5-8-15)19(23)16-9-6-10-17(13-16)20-27(2,24)25/h3-10,13,20H,11-12,14H2,1-2H3. The van der Waals surface area contributed by atoms with Crippen molar-refractivity contribution in [2.45, 2.75) is 13.0 Å². The summed E-state index contributed by atoms with van der Waals surface area (Å²) in [7, 11) is -2.15. The molecular weight excluding hydrogens is 368 g/mol. The fourth-order valence-electron chi connectivity index (χ4n) is 2.50. The van der Waals surface area contributed by atoms with Gasteiger partial charge in [-0.05, 0) is 23.8 Å². The van der Waals surface area contributed by atoms with E-state index in [0.717, 1.165) is 11.8 Å². The average molecular weight is 390 g/mol. The summed E-state index contributed by atoms with van der Waals surface area (Å²) in [6, 6.07) is 15.6. The zero-order chi connectivity index (χ0) is 19.9. The lowest BCUT2D eigenvalue weighted by atomic mass is 10.1. The van der Waals surface area contributed by atoms with Gasteiger partial charge in [-0.15, -0.1) is 0 Å². The number of hydrogen-bond donors (Lipinski definition) is 1. The second-order valence-electron chi connectivity index (χ2n) is 5.99. The SMILES string of the molecule is COC(=O)CCN(Cc1ccccc1)C(=O)c1cccc(NS(C)(=O)=O)c1. The van der Waals surface area contributed by atoms with Gasteiger partial charge in [0.05, 0.1) is 19.8 Å². The molecule has 0 aromatic heterocycles. The predicted molar refractivity (Wildman–Crippen MR) is 103 cm³/mol. The second kappa shape index (κ2) is 9.18. The maximum absolute atomic E-state index is 13.0. The number of carbonyl (C=O) groups excluding carboxylic acids is 2. The molecule has 2 aromatic carbocycles. The first kappa shape index (κ1) is 20.4. The Bertz CT molecular complexity index is 897. The average Bonchev–Trinajstić information content (AvgIpc) is 2.64. The molecular formula is C19H22N2O5S. The van der Waals surface area contributed by atoms with E-state index in [0.29, 0.717) is 17.8 Å². The van der Waals surface area contributed by atoms with Gasteiger partial charge in [0.1, 0.15) is 0 Å². The van der Waals surface area contributed by atoms with E-state index < -0.39 is 16.0 Å². The quantitative estimate of drug-likeness (QED) is 0.698. The maximum Gasteiger partial charge on any atom is 0.307 e. The van der Waals surface area contributed by atoms with Gasteiger partial charge in [-0.3, -0.25) is 14.3 Å². The molecule has 0 radical (unpaired) electrons. The molecule has 27 heavy (non-hydrogen) atoms. The molecule has 0 aliphatic rings. The highest BCUT2D eigenvalue weighted by Gasteiger charge is 2.18. The number of nitrogens with zero attached hydrogens (tertiary/aromatic N) is 1. The molecule has 0 unspecified atom stereocenters. The molecule has 1 amide bonds. The van der Waals surface area contributed by atoms with E-state index >= 15 is 0 Å².